The average molecular weight is 184 g/mol. The van der Waals surface area contributed by atoms with Crippen molar-refractivity contribution in [1.29, 1.82) is 0 Å². The summed E-state index contributed by atoms with van der Waals surface area (Å²) in [6, 6.07) is 7.41. The zero-order chi connectivity index (χ0) is 9.68. The Morgan fingerprint density at radius 2 is 2.31 bits per heavy atom. The van der Waals surface area contributed by atoms with Crippen molar-refractivity contribution in [2.24, 2.45) is 0 Å². The maximum atomic E-state index is 11.8. The molecule has 0 saturated carbocycles. The molecule has 1 aromatic rings. The maximum Gasteiger partial charge on any atom is 0.119 e. The maximum absolute atomic E-state index is 11.8. The van der Waals surface area contributed by atoms with Crippen LogP contribution >= 0.6 is 0 Å². The minimum absolute atomic E-state index is 0.0000463. The molecule has 2 nitrogen and oxygen atoms in total. The van der Waals surface area contributed by atoms with Crippen LogP contribution in [0.2, 0.25) is 0 Å². The Balaban J connectivity index is 2.45. The predicted octanol–water partition coefficient (Wildman–Crippen LogP) is 1.70. The van der Waals surface area contributed by atoms with Crippen molar-refractivity contribution in [1.82, 2.24) is 0 Å². The van der Waals surface area contributed by atoms with Gasteiger partial charge in [-0.25, -0.2) is 4.39 Å². The molecule has 0 aliphatic rings. The molecule has 0 bridgehead atoms. The van der Waals surface area contributed by atoms with Crippen molar-refractivity contribution in [2.75, 3.05) is 13.3 Å². The fraction of sp³-hybridized carbons (Fsp3) is 0.400. The van der Waals surface area contributed by atoms with Gasteiger partial charge in [0.2, 0.25) is 0 Å². The smallest absolute Gasteiger partial charge is 0.119 e. The minimum atomic E-state index is -1.03. The number of hydrogen-bond donors (Lipinski definition) is 1. The summed E-state index contributed by atoms with van der Waals surface area (Å²) in [7, 11) is 0. The van der Waals surface area contributed by atoms with Crippen molar-refractivity contribution >= 4 is 0 Å². The van der Waals surface area contributed by atoms with Gasteiger partial charge in [0, 0.05) is 0 Å². The molecule has 3 heteroatoms. The lowest BCUT2D eigenvalue weighted by Crippen LogP contribution is -2.19. The highest BCUT2D eigenvalue weighted by molar-refractivity contribution is 5.27. The number of hydrogen-bond acceptors (Lipinski definition) is 2. The molecule has 0 fully saturated rings. The van der Waals surface area contributed by atoms with Crippen LogP contribution in [0.15, 0.2) is 24.3 Å². The van der Waals surface area contributed by atoms with Crippen LogP contribution in [0.3, 0.4) is 0 Å². The second-order valence-electron chi connectivity index (χ2n) is 2.94. The third-order valence-electron chi connectivity index (χ3n) is 1.61. The Hall–Kier alpha value is -1.09. The molecule has 0 aliphatic heterocycles. The number of halogens is 1. The summed E-state index contributed by atoms with van der Waals surface area (Å²) in [5, 5.41) is 8.89. The molecule has 1 atom stereocenters. The lowest BCUT2D eigenvalue weighted by atomic mass is 10.2. The minimum Gasteiger partial charge on any atom is -0.491 e. The molecular formula is C10H13FO2. The second kappa shape index (κ2) is 4.82. The molecule has 0 saturated heterocycles. The first-order valence-electron chi connectivity index (χ1n) is 4.16. The number of benzene rings is 1. The topological polar surface area (TPSA) is 29.5 Å². The van der Waals surface area contributed by atoms with Crippen LogP contribution in [0.1, 0.15) is 5.56 Å². The summed E-state index contributed by atoms with van der Waals surface area (Å²) in [6.45, 7) is 1.17. The molecule has 1 rings (SSSR count). The first-order chi connectivity index (χ1) is 6.22. The largest absolute Gasteiger partial charge is 0.491 e. The summed E-state index contributed by atoms with van der Waals surface area (Å²) in [5.41, 5.74) is 1.08. The molecule has 1 aromatic carbocycles. The van der Waals surface area contributed by atoms with E-state index in [-0.39, 0.29) is 6.61 Å². The van der Waals surface area contributed by atoms with Gasteiger partial charge >= 0.3 is 0 Å². The molecule has 0 spiro atoms. The van der Waals surface area contributed by atoms with Crippen LogP contribution in [0.4, 0.5) is 4.39 Å². The molecule has 0 aromatic heterocycles. The highest BCUT2D eigenvalue weighted by Gasteiger charge is 2.03. The summed E-state index contributed by atoms with van der Waals surface area (Å²) in [4.78, 5) is 0. The van der Waals surface area contributed by atoms with Gasteiger partial charge in [0.15, 0.2) is 0 Å². The van der Waals surface area contributed by atoms with E-state index in [1.165, 1.54) is 0 Å². The van der Waals surface area contributed by atoms with Crippen molar-refractivity contribution in [3.05, 3.63) is 29.8 Å². The Bertz CT molecular complexity index is 263. The molecule has 0 radical (unpaired) electrons. The number of aliphatic hydroxyl groups is 1. The van der Waals surface area contributed by atoms with Crippen LogP contribution in [-0.4, -0.2) is 24.5 Å². The molecule has 13 heavy (non-hydrogen) atoms. The van der Waals surface area contributed by atoms with E-state index in [0.717, 1.165) is 5.56 Å². The normalized spacial score (nSPS) is 12.5. The predicted molar refractivity (Wildman–Crippen MR) is 48.7 cm³/mol. The molecule has 72 valence electrons. The lowest BCUT2D eigenvalue weighted by Gasteiger charge is -2.09. The number of aliphatic hydroxyl groups excluding tert-OH is 1. The first kappa shape index (κ1) is 9.99. The summed E-state index contributed by atoms with van der Waals surface area (Å²) in [5.74, 6) is 0.660. The average Bonchev–Trinajstić information content (AvgIpc) is 2.14. The summed E-state index contributed by atoms with van der Waals surface area (Å²) < 4.78 is 17.0. The monoisotopic (exact) mass is 184 g/mol. The van der Waals surface area contributed by atoms with Crippen molar-refractivity contribution in [3.8, 4) is 5.75 Å². The molecule has 0 heterocycles. The molecule has 0 amide bonds. The van der Waals surface area contributed by atoms with Gasteiger partial charge < -0.3 is 9.84 Å². The van der Waals surface area contributed by atoms with E-state index in [0.29, 0.717) is 5.75 Å². The van der Waals surface area contributed by atoms with Gasteiger partial charge in [-0.15, -0.1) is 0 Å². The number of aryl methyl sites for hydroxylation is 1. The molecule has 0 aliphatic carbocycles. The van der Waals surface area contributed by atoms with Crippen molar-refractivity contribution < 1.29 is 14.2 Å². The Labute approximate surface area is 77.0 Å². The molecule has 1 unspecified atom stereocenters. The van der Waals surface area contributed by atoms with Gasteiger partial charge in [-0.3, -0.25) is 0 Å². The van der Waals surface area contributed by atoms with E-state index < -0.39 is 12.8 Å². The van der Waals surface area contributed by atoms with E-state index in [1.807, 2.05) is 25.1 Å². The highest BCUT2D eigenvalue weighted by Crippen LogP contribution is 2.12. The van der Waals surface area contributed by atoms with Gasteiger partial charge in [-0.2, -0.15) is 0 Å². The van der Waals surface area contributed by atoms with Crippen LogP contribution in [0.25, 0.3) is 0 Å². The van der Waals surface area contributed by atoms with E-state index in [2.05, 4.69) is 0 Å². The standard InChI is InChI=1S/C10H13FO2/c1-8-3-2-4-10(5-8)13-7-9(12)6-11/h2-5,9,12H,6-7H2,1H3. The SMILES string of the molecule is Cc1cccc(OCC(O)CF)c1. The van der Waals surface area contributed by atoms with Gasteiger partial charge in [0.25, 0.3) is 0 Å². The third-order valence-corrected chi connectivity index (χ3v) is 1.61. The van der Waals surface area contributed by atoms with E-state index in [9.17, 15) is 4.39 Å². The number of ether oxygens (including phenoxy) is 1. The zero-order valence-corrected chi connectivity index (χ0v) is 7.53. The van der Waals surface area contributed by atoms with Crippen LogP contribution in [0.5, 0.6) is 5.75 Å². The van der Waals surface area contributed by atoms with Gasteiger partial charge in [-0.1, -0.05) is 12.1 Å². The third kappa shape index (κ3) is 3.42. The fourth-order valence-electron chi connectivity index (χ4n) is 0.942. The van der Waals surface area contributed by atoms with Crippen LogP contribution < -0.4 is 4.74 Å². The van der Waals surface area contributed by atoms with E-state index in [4.69, 9.17) is 9.84 Å². The number of rotatable bonds is 4. The Morgan fingerprint density at radius 1 is 1.54 bits per heavy atom. The van der Waals surface area contributed by atoms with Gasteiger partial charge in [0.1, 0.15) is 25.1 Å². The fourth-order valence-corrected chi connectivity index (χ4v) is 0.942. The quantitative estimate of drug-likeness (QED) is 0.771. The Morgan fingerprint density at radius 3 is 2.92 bits per heavy atom. The summed E-state index contributed by atoms with van der Waals surface area (Å²) >= 11 is 0. The first-order valence-corrected chi connectivity index (χ1v) is 4.16. The second-order valence-corrected chi connectivity index (χ2v) is 2.94. The van der Waals surface area contributed by atoms with E-state index >= 15 is 0 Å². The Kier molecular flexibility index (Phi) is 3.71. The highest BCUT2D eigenvalue weighted by atomic mass is 19.1. The van der Waals surface area contributed by atoms with E-state index in [1.54, 1.807) is 6.07 Å². The lowest BCUT2D eigenvalue weighted by molar-refractivity contribution is 0.0842. The molecular weight excluding hydrogens is 171 g/mol. The van der Waals surface area contributed by atoms with Crippen molar-refractivity contribution in [3.63, 3.8) is 0 Å². The van der Waals surface area contributed by atoms with Gasteiger partial charge in [0.05, 0.1) is 0 Å². The van der Waals surface area contributed by atoms with Crippen molar-refractivity contribution in [2.45, 2.75) is 13.0 Å². The number of alkyl halides is 1. The molecule has 1 N–H and O–H groups in total. The van der Waals surface area contributed by atoms with Crippen LogP contribution in [-0.2, 0) is 0 Å². The summed E-state index contributed by atoms with van der Waals surface area (Å²) in [6.07, 6.45) is -1.03. The van der Waals surface area contributed by atoms with Crippen LogP contribution in [0, 0.1) is 6.92 Å². The zero-order valence-electron chi connectivity index (χ0n) is 7.53. The van der Waals surface area contributed by atoms with Gasteiger partial charge in [-0.05, 0) is 24.6 Å².